The highest BCUT2D eigenvalue weighted by molar-refractivity contribution is 6.11. The van der Waals surface area contributed by atoms with E-state index in [9.17, 15) is 0 Å². The Hall–Kier alpha value is -6.38. The molecule has 7 aromatic carbocycles. The molecular weight excluding hydrogens is 619 g/mol. The van der Waals surface area contributed by atoms with Crippen LogP contribution in [-0.2, 0) is 5.41 Å². The highest BCUT2D eigenvalue weighted by Gasteiger charge is 2.39. The van der Waals surface area contributed by atoms with Crippen molar-refractivity contribution in [2.24, 2.45) is 0 Å². The number of para-hydroxylation sites is 1. The number of hydrogen-bond acceptors (Lipinski definition) is 2. The van der Waals surface area contributed by atoms with Gasteiger partial charge in [-0.2, -0.15) is 0 Å². The molecule has 0 saturated carbocycles. The first kappa shape index (κ1) is 30.7. The number of rotatable bonds is 7. The Morgan fingerprint density at radius 2 is 1.25 bits per heavy atom. The lowest BCUT2D eigenvalue weighted by Gasteiger charge is -2.33. The molecule has 2 heteroatoms. The lowest BCUT2D eigenvalue weighted by Crippen LogP contribution is -2.21. The normalized spacial score (nSPS) is 13.4. The van der Waals surface area contributed by atoms with E-state index in [1.165, 1.54) is 38.7 Å². The third-order valence-electron chi connectivity index (χ3n) is 10.4. The monoisotopic (exact) mass is 655 g/mol. The molecule has 0 atom stereocenters. The minimum absolute atomic E-state index is 0.187. The van der Waals surface area contributed by atoms with Crippen LogP contribution in [0.1, 0.15) is 30.5 Å². The van der Waals surface area contributed by atoms with Crippen LogP contribution in [0.3, 0.4) is 0 Å². The second-order valence-electron chi connectivity index (χ2n) is 13.8. The molecule has 51 heavy (non-hydrogen) atoms. The van der Waals surface area contributed by atoms with E-state index >= 15 is 0 Å². The summed E-state index contributed by atoms with van der Waals surface area (Å²) in [5.41, 5.74) is 13.7. The second-order valence-corrected chi connectivity index (χ2v) is 13.8. The first-order valence-corrected chi connectivity index (χ1v) is 17.5. The zero-order valence-electron chi connectivity index (χ0n) is 28.8. The molecule has 9 rings (SSSR count). The molecule has 1 aliphatic carbocycles. The van der Waals surface area contributed by atoms with Gasteiger partial charge in [0.15, 0.2) is 0 Å². The summed E-state index contributed by atoms with van der Waals surface area (Å²) in [5.74, 6) is 0. The van der Waals surface area contributed by atoms with Crippen molar-refractivity contribution in [3.8, 4) is 22.3 Å². The van der Waals surface area contributed by atoms with E-state index in [2.05, 4.69) is 177 Å². The first-order chi connectivity index (χ1) is 25.0. The van der Waals surface area contributed by atoms with Crippen molar-refractivity contribution in [1.82, 2.24) is 0 Å². The Morgan fingerprint density at radius 3 is 2.08 bits per heavy atom. The Morgan fingerprint density at radius 1 is 0.569 bits per heavy atom. The van der Waals surface area contributed by atoms with Crippen molar-refractivity contribution in [2.75, 3.05) is 4.90 Å². The largest absolute Gasteiger partial charge is 0.456 e. The van der Waals surface area contributed by atoms with Gasteiger partial charge in [-0.25, -0.2) is 0 Å². The van der Waals surface area contributed by atoms with Crippen LogP contribution in [0.15, 0.2) is 181 Å². The topological polar surface area (TPSA) is 16.4 Å². The number of nitrogens with zero attached hydrogens (tertiary/aromatic N) is 1. The van der Waals surface area contributed by atoms with Crippen molar-refractivity contribution in [1.29, 1.82) is 0 Å². The quantitative estimate of drug-likeness (QED) is 0.159. The van der Waals surface area contributed by atoms with Crippen LogP contribution in [0.2, 0.25) is 0 Å². The van der Waals surface area contributed by atoms with Gasteiger partial charge in [0.25, 0.3) is 0 Å². The molecule has 0 aliphatic heterocycles. The minimum atomic E-state index is -0.187. The van der Waals surface area contributed by atoms with Crippen molar-refractivity contribution in [2.45, 2.75) is 19.3 Å². The van der Waals surface area contributed by atoms with E-state index in [0.29, 0.717) is 0 Å². The summed E-state index contributed by atoms with van der Waals surface area (Å²) < 4.78 is 6.40. The van der Waals surface area contributed by atoms with E-state index in [1.54, 1.807) is 6.08 Å². The number of furan rings is 1. The standard InChI is InChI=1S/C49H37NO/c1-4-5-6-7-15-33-24-27-37(28-25-33)50(45-23-14-20-40-39-19-10-12-21-43(39)49(2,3)48(40)45)44-22-13-11-18-38(44)36-26-29-46-41(31-36)42-30-34-16-8-9-17-35(34)32-47(42)51-46/h4-32H,1H2,2-3H3/b6-5-,15-7+. The fourth-order valence-electron chi connectivity index (χ4n) is 8.00. The molecule has 1 aliphatic rings. The van der Waals surface area contributed by atoms with Crippen molar-refractivity contribution < 1.29 is 4.42 Å². The zero-order valence-corrected chi connectivity index (χ0v) is 28.8. The maximum Gasteiger partial charge on any atom is 0.136 e. The van der Waals surface area contributed by atoms with Crippen LogP contribution in [0, 0.1) is 0 Å². The van der Waals surface area contributed by atoms with Gasteiger partial charge in [-0.3, -0.25) is 0 Å². The average Bonchev–Trinajstić information content (AvgIpc) is 3.64. The van der Waals surface area contributed by atoms with Gasteiger partial charge in [0.1, 0.15) is 11.2 Å². The van der Waals surface area contributed by atoms with Gasteiger partial charge in [-0.1, -0.05) is 148 Å². The SMILES string of the molecule is C=C/C=C\C=C\c1ccc(N(c2ccccc2-c2ccc3oc4cc5ccccc5cc4c3c2)c2cccc3c2C(C)(C)c2ccccc2-3)cc1. The molecule has 2 nitrogen and oxygen atoms in total. The van der Waals surface area contributed by atoms with Gasteiger partial charge in [0.2, 0.25) is 0 Å². The van der Waals surface area contributed by atoms with E-state index in [1.807, 2.05) is 18.2 Å². The molecule has 8 aromatic rings. The average molecular weight is 656 g/mol. The Bertz CT molecular complexity index is 2690. The van der Waals surface area contributed by atoms with Crippen molar-refractivity contribution >= 4 is 55.8 Å². The van der Waals surface area contributed by atoms with Gasteiger partial charge in [-0.15, -0.1) is 0 Å². The van der Waals surface area contributed by atoms with Crippen LogP contribution in [-0.4, -0.2) is 0 Å². The molecule has 0 fully saturated rings. The fraction of sp³-hybridized carbons (Fsp3) is 0.0612. The molecule has 0 radical (unpaired) electrons. The highest BCUT2D eigenvalue weighted by atomic mass is 16.3. The number of anilines is 3. The highest BCUT2D eigenvalue weighted by Crippen LogP contribution is 2.55. The number of hydrogen-bond donors (Lipinski definition) is 0. The summed E-state index contributed by atoms with van der Waals surface area (Å²) in [4.78, 5) is 2.46. The van der Waals surface area contributed by atoms with Gasteiger partial charge in [0, 0.05) is 27.4 Å². The predicted molar refractivity (Wildman–Crippen MR) is 217 cm³/mol. The molecule has 0 saturated heterocycles. The van der Waals surface area contributed by atoms with Gasteiger partial charge in [-0.05, 0) is 92.7 Å². The lowest BCUT2D eigenvalue weighted by molar-refractivity contribution is 0.661. The maximum atomic E-state index is 6.40. The van der Waals surface area contributed by atoms with Crippen LogP contribution in [0.4, 0.5) is 17.1 Å². The second kappa shape index (κ2) is 12.2. The number of fused-ring (bicyclic) bond motifs is 7. The molecule has 244 valence electrons. The Balaban J connectivity index is 1.25. The van der Waals surface area contributed by atoms with Crippen LogP contribution in [0.25, 0.3) is 61.0 Å². The van der Waals surface area contributed by atoms with E-state index in [0.717, 1.165) is 50.0 Å². The molecule has 0 N–H and O–H groups in total. The summed E-state index contributed by atoms with van der Waals surface area (Å²) in [7, 11) is 0. The molecule has 0 spiro atoms. The minimum Gasteiger partial charge on any atom is -0.456 e. The summed E-state index contributed by atoms with van der Waals surface area (Å²) in [6.07, 6.45) is 9.89. The Labute approximate surface area is 298 Å². The smallest absolute Gasteiger partial charge is 0.136 e. The fourth-order valence-corrected chi connectivity index (χ4v) is 8.00. The third kappa shape index (κ3) is 5.11. The van der Waals surface area contributed by atoms with Gasteiger partial charge in [0.05, 0.1) is 11.4 Å². The zero-order chi connectivity index (χ0) is 34.5. The Kier molecular flexibility index (Phi) is 7.33. The molecule has 1 aromatic heterocycles. The summed E-state index contributed by atoms with van der Waals surface area (Å²) >= 11 is 0. The first-order valence-electron chi connectivity index (χ1n) is 17.5. The van der Waals surface area contributed by atoms with Gasteiger partial charge >= 0.3 is 0 Å². The van der Waals surface area contributed by atoms with Crippen molar-refractivity contribution in [3.63, 3.8) is 0 Å². The molecule has 1 heterocycles. The molecule has 0 unspecified atom stereocenters. The van der Waals surface area contributed by atoms with Crippen LogP contribution < -0.4 is 4.90 Å². The van der Waals surface area contributed by atoms with E-state index in [4.69, 9.17) is 4.42 Å². The van der Waals surface area contributed by atoms with Crippen LogP contribution >= 0.6 is 0 Å². The third-order valence-corrected chi connectivity index (χ3v) is 10.4. The summed E-state index contributed by atoms with van der Waals surface area (Å²) in [6.45, 7) is 8.49. The van der Waals surface area contributed by atoms with Gasteiger partial charge < -0.3 is 9.32 Å². The summed E-state index contributed by atoms with van der Waals surface area (Å²) in [6, 6.07) is 52.8. The number of benzene rings is 7. The lowest BCUT2D eigenvalue weighted by atomic mass is 9.81. The molecular formula is C49H37NO. The van der Waals surface area contributed by atoms with Crippen LogP contribution in [0.5, 0.6) is 0 Å². The molecule has 0 bridgehead atoms. The summed E-state index contributed by atoms with van der Waals surface area (Å²) in [5, 5.41) is 4.64. The number of allylic oxidation sites excluding steroid dienone is 4. The predicted octanol–water partition coefficient (Wildman–Crippen LogP) is 13.9. The maximum absolute atomic E-state index is 6.40. The molecule has 0 amide bonds. The van der Waals surface area contributed by atoms with Crippen molar-refractivity contribution in [3.05, 3.63) is 193 Å². The van der Waals surface area contributed by atoms with E-state index < -0.39 is 0 Å². The van der Waals surface area contributed by atoms with E-state index in [-0.39, 0.29) is 5.41 Å².